The molecule has 0 aromatic carbocycles. The molecule has 0 atom stereocenters. The minimum atomic E-state index is -0.578. The summed E-state index contributed by atoms with van der Waals surface area (Å²) in [5, 5.41) is 0.861. The Morgan fingerprint density at radius 2 is 1.88 bits per heavy atom. The maximum absolute atomic E-state index is 10.3. The van der Waals surface area contributed by atoms with Gasteiger partial charge in [-0.3, -0.25) is 0 Å². The fraction of sp³-hybridized carbons (Fsp3) is 0.800. The number of ketones is 1. The van der Waals surface area contributed by atoms with Crippen LogP contribution in [0.1, 0.15) is 6.92 Å². The molecule has 0 N–H and O–H groups in total. The van der Waals surface area contributed by atoms with Crippen LogP contribution >= 0.6 is 0 Å². The summed E-state index contributed by atoms with van der Waals surface area (Å²) in [6.45, 7) is 1.66. The molecule has 0 unspecified atom stereocenters. The fourth-order valence-electron chi connectivity index (χ4n) is 0.575. The van der Waals surface area contributed by atoms with Crippen LogP contribution < -0.4 is 0 Å². The molecule has 0 heterocycles. The molecular weight excluding hydrogens is 112 g/mol. The van der Waals surface area contributed by atoms with E-state index in [9.17, 15) is 4.79 Å². The molecular formula is C5H13AlBeO. The third kappa shape index (κ3) is 9.62. The zero-order valence-corrected chi connectivity index (χ0v) is 6.35. The minimum absolute atomic E-state index is 0. The van der Waals surface area contributed by atoms with E-state index in [1.807, 2.05) is 0 Å². The van der Waals surface area contributed by atoms with Crippen molar-refractivity contribution in [3.8, 4) is 0 Å². The van der Waals surface area contributed by atoms with Gasteiger partial charge in [-0.15, -0.1) is 11.6 Å². The molecule has 0 rings (SSSR count). The summed E-state index contributed by atoms with van der Waals surface area (Å²) in [5.74, 6) is 4.71. The molecule has 0 radical (unpaired) electrons. The Morgan fingerprint density at radius 3 is 1.88 bits per heavy atom. The van der Waals surface area contributed by atoms with Gasteiger partial charge in [0.25, 0.3) is 14.1 Å². The third-order valence-corrected chi connectivity index (χ3v) is 2.09. The standard InChI is InChI=1S/C3H5O.2CH3.Al.Be.2H/c1-3(2)4;;;;;;/h1H2,2H3;2*1H3;;;;. The number of hydrogen-bond acceptors (Lipinski definition) is 1. The van der Waals surface area contributed by atoms with E-state index in [2.05, 4.69) is 11.6 Å². The maximum atomic E-state index is 10.3. The van der Waals surface area contributed by atoms with Gasteiger partial charge in [-0.25, -0.2) is 0 Å². The van der Waals surface area contributed by atoms with Crippen LogP contribution in [0.2, 0.25) is 16.9 Å². The molecule has 0 spiro atoms. The van der Waals surface area contributed by atoms with Crippen molar-refractivity contribution >= 4 is 30.1 Å². The van der Waals surface area contributed by atoms with Crippen molar-refractivity contribution in [3.63, 3.8) is 0 Å². The van der Waals surface area contributed by atoms with Gasteiger partial charge in [0.05, 0.1) is 0 Å². The SMILES string of the molecule is CC(=O)[CH2][Al]([CH3])[CH3].[BeH2]. The number of carbonyl (C=O) groups is 1. The van der Waals surface area contributed by atoms with Gasteiger partial charge in [-0.05, 0) is 12.2 Å². The summed E-state index contributed by atoms with van der Waals surface area (Å²) in [4.78, 5) is 10.3. The zero-order chi connectivity index (χ0) is 5.86. The van der Waals surface area contributed by atoms with E-state index in [-0.39, 0.29) is 10.1 Å². The molecule has 0 saturated carbocycles. The predicted molar refractivity (Wildman–Crippen MR) is 41.5 cm³/mol. The van der Waals surface area contributed by atoms with Crippen LogP contribution in [-0.4, -0.2) is 30.1 Å². The van der Waals surface area contributed by atoms with E-state index in [4.69, 9.17) is 0 Å². The van der Waals surface area contributed by atoms with Crippen LogP contribution in [0.3, 0.4) is 0 Å². The van der Waals surface area contributed by atoms with Crippen molar-refractivity contribution in [2.45, 2.75) is 23.8 Å². The number of Topliss-reactive ketones (excluding diaryl/α,β-unsaturated/α-hetero) is 1. The van der Waals surface area contributed by atoms with Gasteiger partial charge in [0.1, 0.15) is 5.78 Å². The van der Waals surface area contributed by atoms with Crippen molar-refractivity contribution in [3.05, 3.63) is 0 Å². The van der Waals surface area contributed by atoms with Crippen LogP contribution in [0.25, 0.3) is 0 Å². The second-order valence-corrected chi connectivity index (χ2v) is 5.50. The molecule has 0 amide bonds. The molecule has 3 heteroatoms. The Hall–Kier alpha value is 0.371. The summed E-state index contributed by atoms with van der Waals surface area (Å²) >= 11 is -0.578. The van der Waals surface area contributed by atoms with Gasteiger partial charge in [0, 0.05) is 0 Å². The molecule has 1 nitrogen and oxygen atoms in total. The number of hydrogen-bond donors (Lipinski definition) is 0. The zero-order valence-electron chi connectivity index (χ0n) is 5.19. The number of carbonyl (C=O) groups excluding carboxylic acids is 1. The van der Waals surface area contributed by atoms with Gasteiger partial charge >= 0.3 is 10.1 Å². The summed E-state index contributed by atoms with van der Waals surface area (Å²) < 4.78 is 0. The first-order valence-corrected chi connectivity index (χ1v) is 5.75. The predicted octanol–water partition coefficient (Wildman–Crippen LogP) is 0.414. The molecule has 0 bridgehead atoms. The van der Waals surface area contributed by atoms with Crippen LogP contribution in [0.15, 0.2) is 0 Å². The topological polar surface area (TPSA) is 17.1 Å². The van der Waals surface area contributed by atoms with Crippen LogP contribution in [0, 0.1) is 0 Å². The van der Waals surface area contributed by atoms with E-state index in [0.717, 1.165) is 5.28 Å². The molecule has 0 aliphatic rings. The molecule has 0 aromatic rings. The first kappa shape index (κ1) is 11.2. The van der Waals surface area contributed by atoms with E-state index >= 15 is 0 Å². The van der Waals surface area contributed by atoms with Gasteiger partial charge in [0.2, 0.25) is 0 Å². The first-order valence-electron chi connectivity index (χ1n) is 2.62. The summed E-state index contributed by atoms with van der Waals surface area (Å²) in [6.07, 6.45) is 0. The quantitative estimate of drug-likeness (QED) is 0.489. The molecule has 8 heavy (non-hydrogen) atoms. The van der Waals surface area contributed by atoms with Crippen molar-refractivity contribution in [1.82, 2.24) is 0 Å². The molecule has 0 fully saturated rings. The number of rotatable bonds is 2. The molecule has 0 aliphatic heterocycles. The Balaban J connectivity index is 0. The molecule has 0 saturated heterocycles. The Kier molecular flexibility index (Phi) is 7.71. The van der Waals surface area contributed by atoms with Crippen molar-refractivity contribution in [2.24, 2.45) is 0 Å². The van der Waals surface area contributed by atoms with Gasteiger partial charge in [-0.1, -0.05) is 0 Å². The van der Waals surface area contributed by atoms with Gasteiger partial charge < -0.3 is 4.79 Å². The van der Waals surface area contributed by atoms with E-state index in [1.54, 1.807) is 6.92 Å². The normalized spacial score (nSPS) is 7.38. The molecule has 0 aromatic heterocycles. The summed E-state index contributed by atoms with van der Waals surface area (Å²) in [6, 6.07) is 0. The third-order valence-electron chi connectivity index (χ3n) is 0.696. The average Bonchev–Trinajstić information content (AvgIpc) is 1.27. The van der Waals surface area contributed by atoms with Gasteiger partial charge in [-0.2, -0.15) is 0 Å². The van der Waals surface area contributed by atoms with Crippen molar-refractivity contribution < 1.29 is 4.79 Å². The Labute approximate surface area is 59.1 Å². The van der Waals surface area contributed by atoms with E-state index < -0.39 is 14.1 Å². The second kappa shape index (κ2) is 5.51. The van der Waals surface area contributed by atoms with Crippen LogP contribution in [-0.2, 0) is 4.79 Å². The molecule has 0 aliphatic carbocycles. The fourth-order valence-corrected chi connectivity index (χ4v) is 1.72. The van der Waals surface area contributed by atoms with Crippen LogP contribution in [0.4, 0.5) is 0 Å². The summed E-state index contributed by atoms with van der Waals surface area (Å²) in [5.41, 5.74) is 0. The van der Waals surface area contributed by atoms with E-state index in [1.165, 1.54) is 0 Å². The summed E-state index contributed by atoms with van der Waals surface area (Å²) in [7, 11) is 0. The monoisotopic (exact) mass is 125 g/mol. The first-order chi connectivity index (χ1) is 3.13. The Morgan fingerprint density at radius 1 is 1.50 bits per heavy atom. The molecule has 44 valence electrons. The second-order valence-electron chi connectivity index (χ2n) is 2.30. The average molecular weight is 125 g/mol. The van der Waals surface area contributed by atoms with Crippen LogP contribution in [0.5, 0.6) is 0 Å². The van der Waals surface area contributed by atoms with Crippen molar-refractivity contribution in [1.29, 1.82) is 0 Å². The Bertz CT molecular complexity index is 72.8. The van der Waals surface area contributed by atoms with E-state index in [0.29, 0.717) is 5.78 Å². The van der Waals surface area contributed by atoms with Crippen molar-refractivity contribution in [2.75, 3.05) is 0 Å². The van der Waals surface area contributed by atoms with Gasteiger partial charge in [0.15, 0.2) is 0 Å².